The van der Waals surface area contributed by atoms with E-state index in [-0.39, 0.29) is 0 Å². The minimum absolute atomic E-state index is 0.833. The standard InChI is InChI=1S/C13H26.C2H4O2/c1-3-5-7-9-11-13-12-10-8-6-4-2;1-2(3)4/h3H,1,4-13H2,2H3;1H3,(H,3,4). The van der Waals surface area contributed by atoms with Gasteiger partial charge in [0.2, 0.25) is 0 Å². The Morgan fingerprint density at radius 1 is 1.00 bits per heavy atom. The van der Waals surface area contributed by atoms with Gasteiger partial charge in [0, 0.05) is 6.92 Å². The smallest absolute Gasteiger partial charge is 0.300 e. The zero-order valence-corrected chi connectivity index (χ0v) is 11.7. The second kappa shape index (κ2) is 17.6. The van der Waals surface area contributed by atoms with Crippen molar-refractivity contribution in [1.29, 1.82) is 0 Å². The lowest BCUT2D eigenvalue weighted by Crippen LogP contribution is -1.80. The second-order valence-corrected chi connectivity index (χ2v) is 4.42. The van der Waals surface area contributed by atoms with Crippen LogP contribution in [0.15, 0.2) is 12.7 Å². The second-order valence-electron chi connectivity index (χ2n) is 4.42. The molecule has 17 heavy (non-hydrogen) atoms. The van der Waals surface area contributed by atoms with Gasteiger partial charge in [0.1, 0.15) is 0 Å². The minimum Gasteiger partial charge on any atom is -0.481 e. The summed E-state index contributed by atoms with van der Waals surface area (Å²) in [5.74, 6) is -0.833. The summed E-state index contributed by atoms with van der Waals surface area (Å²) in [4.78, 5) is 9.00. The molecule has 0 heterocycles. The fourth-order valence-corrected chi connectivity index (χ4v) is 1.60. The van der Waals surface area contributed by atoms with E-state index in [1.165, 1.54) is 64.2 Å². The van der Waals surface area contributed by atoms with Gasteiger partial charge in [0.05, 0.1) is 0 Å². The van der Waals surface area contributed by atoms with Gasteiger partial charge in [0.15, 0.2) is 0 Å². The maximum absolute atomic E-state index is 9.00. The number of allylic oxidation sites excluding steroid dienone is 1. The van der Waals surface area contributed by atoms with Gasteiger partial charge in [-0.25, -0.2) is 0 Å². The molecule has 0 aromatic carbocycles. The van der Waals surface area contributed by atoms with Crippen LogP contribution in [0.3, 0.4) is 0 Å². The van der Waals surface area contributed by atoms with Gasteiger partial charge in [-0.3, -0.25) is 4.79 Å². The zero-order valence-electron chi connectivity index (χ0n) is 11.7. The molecular weight excluding hydrogens is 212 g/mol. The molecule has 0 aliphatic carbocycles. The van der Waals surface area contributed by atoms with Crippen molar-refractivity contribution in [2.45, 2.75) is 78.1 Å². The third-order valence-corrected chi connectivity index (χ3v) is 2.51. The largest absolute Gasteiger partial charge is 0.481 e. The molecule has 0 saturated heterocycles. The fourth-order valence-electron chi connectivity index (χ4n) is 1.60. The summed E-state index contributed by atoms with van der Waals surface area (Å²) in [6.07, 6.45) is 16.0. The number of carbonyl (C=O) groups is 1. The molecular formula is C15H30O2. The molecule has 0 radical (unpaired) electrons. The van der Waals surface area contributed by atoms with Crippen molar-refractivity contribution in [3.63, 3.8) is 0 Å². The van der Waals surface area contributed by atoms with Crippen LogP contribution in [0.25, 0.3) is 0 Å². The number of carboxylic acids is 1. The van der Waals surface area contributed by atoms with E-state index in [2.05, 4.69) is 13.5 Å². The van der Waals surface area contributed by atoms with E-state index < -0.39 is 5.97 Å². The molecule has 0 fully saturated rings. The monoisotopic (exact) mass is 242 g/mol. The molecule has 2 nitrogen and oxygen atoms in total. The number of hydrogen-bond donors (Lipinski definition) is 1. The van der Waals surface area contributed by atoms with E-state index in [0.29, 0.717) is 0 Å². The highest BCUT2D eigenvalue weighted by molar-refractivity contribution is 5.62. The molecule has 0 unspecified atom stereocenters. The SMILES string of the molecule is C=CCCCCCCCCCCC.CC(=O)O. The average molecular weight is 242 g/mol. The van der Waals surface area contributed by atoms with Crippen LogP contribution in [0.4, 0.5) is 0 Å². The average Bonchev–Trinajstić information content (AvgIpc) is 2.26. The van der Waals surface area contributed by atoms with Crippen LogP contribution < -0.4 is 0 Å². The highest BCUT2D eigenvalue weighted by Gasteiger charge is 1.90. The molecule has 0 rings (SSSR count). The van der Waals surface area contributed by atoms with Gasteiger partial charge in [-0.15, -0.1) is 6.58 Å². The molecule has 2 heteroatoms. The lowest BCUT2D eigenvalue weighted by atomic mass is 10.1. The van der Waals surface area contributed by atoms with Crippen LogP contribution in [-0.2, 0) is 4.79 Å². The molecule has 102 valence electrons. The number of aliphatic carboxylic acids is 1. The van der Waals surface area contributed by atoms with Crippen molar-refractivity contribution in [2.75, 3.05) is 0 Å². The summed E-state index contributed by atoms with van der Waals surface area (Å²) in [7, 11) is 0. The quantitative estimate of drug-likeness (QED) is 0.423. The predicted octanol–water partition coefficient (Wildman–Crippen LogP) is 5.18. The summed E-state index contributed by atoms with van der Waals surface area (Å²) in [6.45, 7) is 7.08. The summed E-state index contributed by atoms with van der Waals surface area (Å²) in [5, 5.41) is 7.42. The zero-order chi connectivity index (χ0) is 13.4. The van der Waals surface area contributed by atoms with Crippen LogP contribution in [0.5, 0.6) is 0 Å². The topological polar surface area (TPSA) is 37.3 Å². The third kappa shape index (κ3) is 31.3. The van der Waals surface area contributed by atoms with Crippen LogP contribution in [0, 0.1) is 0 Å². The first kappa shape index (κ1) is 18.6. The molecule has 0 aliphatic rings. The Morgan fingerprint density at radius 3 is 1.71 bits per heavy atom. The van der Waals surface area contributed by atoms with Gasteiger partial charge in [-0.2, -0.15) is 0 Å². The molecule has 0 atom stereocenters. The van der Waals surface area contributed by atoms with E-state index in [0.717, 1.165) is 6.92 Å². The first-order valence-corrected chi connectivity index (χ1v) is 6.95. The lowest BCUT2D eigenvalue weighted by molar-refractivity contribution is -0.134. The minimum atomic E-state index is -0.833. The fraction of sp³-hybridized carbons (Fsp3) is 0.800. The first-order chi connectivity index (χ1) is 8.15. The predicted molar refractivity (Wildman–Crippen MR) is 75.4 cm³/mol. The molecule has 0 amide bonds. The highest BCUT2D eigenvalue weighted by Crippen LogP contribution is 2.10. The number of hydrogen-bond acceptors (Lipinski definition) is 1. The summed E-state index contributed by atoms with van der Waals surface area (Å²) < 4.78 is 0. The molecule has 0 spiro atoms. The van der Waals surface area contributed by atoms with Crippen molar-refractivity contribution in [3.8, 4) is 0 Å². The molecule has 0 bridgehead atoms. The van der Waals surface area contributed by atoms with Crippen molar-refractivity contribution < 1.29 is 9.90 Å². The highest BCUT2D eigenvalue weighted by atomic mass is 16.4. The Morgan fingerprint density at radius 2 is 1.35 bits per heavy atom. The van der Waals surface area contributed by atoms with E-state index in [1.807, 2.05) is 6.08 Å². The van der Waals surface area contributed by atoms with Crippen LogP contribution in [0.2, 0.25) is 0 Å². The van der Waals surface area contributed by atoms with Crippen molar-refractivity contribution >= 4 is 5.97 Å². The van der Waals surface area contributed by atoms with E-state index in [9.17, 15) is 0 Å². The Bertz CT molecular complexity index is 160. The van der Waals surface area contributed by atoms with Gasteiger partial charge < -0.3 is 5.11 Å². The lowest BCUT2D eigenvalue weighted by Gasteiger charge is -2.00. The van der Waals surface area contributed by atoms with Crippen molar-refractivity contribution in [2.24, 2.45) is 0 Å². The summed E-state index contributed by atoms with van der Waals surface area (Å²) in [6, 6.07) is 0. The first-order valence-electron chi connectivity index (χ1n) is 6.95. The van der Waals surface area contributed by atoms with E-state index in [1.54, 1.807) is 0 Å². The summed E-state index contributed by atoms with van der Waals surface area (Å²) >= 11 is 0. The van der Waals surface area contributed by atoms with Gasteiger partial charge in [-0.1, -0.05) is 64.4 Å². The molecule has 0 aromatic rings. The van der Waals surface area contributed by atoms with Crippen LogP contribution >= 0.6 is 0 Å². The maximum Gasteiger partial charge on any atom is 0.300 e. The van der Waals surface area contributed by atoms with Crippen molar-refractivity contribution in [3.05, 3.63) is 12.7 Å². The van der Waals surface area contributed by atoms with E-state index >= 15 is 0 Å². The van der Waals surface area contributed by atoms with Gasteiger partial charge >= 0.3 is 0 Å². The van der Waals surface area contributed by atoms with Gasteiger partial charge in [0.25, 0.3) is 5.97 Å². The molecule has 0 aliphatic heterocycles. The normalized spacial score (nSPS) is 9.29. The Labute approximate surface area is 107 Å². The Balaban J connectivity index is 0. The summed E-state index contributed by atoms with van der Waals surface area (Å²) in [5.41, 5.74) is 0. The number of rotatable bonds is 10. The third-order valence-electron chi connectivity index (χ3n) is 2.51. The van der Waals surface area contributed by atoms with E-state index in [4.69, 9.17) is 9.90 Å². The Kier molecular flexibility index (Phi) is 19.2. The number of carboxylic acid groups (broad SMARTS) is 1. The van der Waals surface area contributed by atoms with Crippen molar-refractivity contribution in [1.82, 2.24) is 0 Å². The van der Waals surface area contributed by atoms with Crippen LogP contribution in [-0.4, -0.2) is 11.1 Å². The molecule has 0 aromatic heterocycles. The van der Waals surface area contributed by atoms with Crippen LogP contribution in [0.1, 0.15) is 78.1 Å². The Hall–Kier alpha value is -0.790. The number of unbranched alkanes of at least 4 members (excludes halogenated alkanes) is 9. The molecule has 0 saturated carbocycles. The van der Waals surface area contributed by atoms with Gasteiger partial charge in [-0.05, 0) is 12.8 Å². The maximum atomic E-state index is 9.00. The molecule has 1 N–H and O–H groups in total.